The van der Waals surface area contributed by atoms with Gasteiger partial charge in [-0.2, -0.15) is 0 Å². The molecule has 7 heteroatoms. The van der Waals surface area contributed by atoms with Crippen molar-refractivity contribution in [2.24, 2.45) is 7.05 Å². The minimum absolute atomic E-state index is 0.106. The summed E-state index contributed by atoms with van der Waals surface area (Å²) in [6, 6.07) is 1.64. The first-order valence-electron chi connectivity index (χ1n) is 7.84. The first kappa shape index (κ1) is 15.7. The Hall–Kier alpha value is -2.15. The topological polar surface area (TPSA) is 76.2 Å². The summed E-state index contributed by atoms with van der Waals surface area (Å²) < 4.78 is 7.30. The second-order valence-corrected chi connectivity index (χ2v) is 6.94. The second kappa shape index (κ2) is 5.81. The Morgan fingerprint density at radius 2 is 2.22 bits per heavy atom. The van der Waals surface area contributed by atoms with Crippen molar-refractivity contribution in [3.05, 3.63) is 35.7 Å². The summed E-state index contributed by atoms with van der Waals surface area (Å²) in [5.41, 5.74) is 0.185. The third kappa shape index (κ3) is 3.01. The molecule has 3 rings (SSSR count). The Kier molecular flexibility index (Phi) is 3.97. The Morgan fingerprint density at radius 1 is 1.43 bits per heavy atom. The Bertz CT molecular complexity index is 697. The third-order valence-electron chi connectivity index (χ3n) is 4.13. The van der Waals surface area contributed by atoms with E-state index in [1.165, 1.54) is 0 Å². The summed E-state index contributed by atoms with van der Waals surface area (Å²) in [5.74, 6) is 1.47. The first-order chi connectivity index (χ1) is 10.9. The predicted octanol–water partition coefficient (Wildman–Crippen LogP) is 1.49. The maximum absolute atomic E-state index is 12.9. The van der Waals surface area contributed by atoms with E-state index in [0.717, 1.165) is 12.4 Å². The van der Waals surface area contributed by atoms with E-state index >= 15 is 0 Å². The molecule has 3 heterocycles. The van der Waals surface area contributed by atoms with Crippen LogP contribution in [0.2, 0.25) is 0 Å². The fourth-order valence-electron chi connectivity index (χ4n) is 2.75. The maximum atomic E-state index is 12.9. The summed E-state index contributed by atoms with van der Waals surface area (Å²) in [4.78, 5) is 19.1. The number of amides is 1. The van der Waals surface area contributed by atoms with E-state index in [1.807, 2.05) is 43.5 Å². The zero-order chi connectivity index (χ0) is 16.6. The molecule has 0 radical (unpaired) electrons. The van der Waals surface area contributed by atoms with Gasteiger partial charge >= 0.3 is 0 Å². The van der Waals surface area contributed by atoms with E-state index in [-0.39, 0.29) is 17.4 Å². The molecule has 1 N–H and O–H groups in total. The lowest BCUT2D eigenvalue weighted by molar-refractivity contribution is 0.0610. The van der Waals surface area contributed by atoms with Crippen LogP contribution in [0.3, 0.4) is 0 Å². The molecule has 0 aliphatic carbocycles. The summed E-state index contributed by atoms with van der Waals surface area (Å²) in [6.07, 6.45) is 3.64. The number of nitrogens with zero attached hydrogens (tertiary/aromatic N) is 4. The molecule has 2 aromatic heterocycles. The molecule has 7 nitrogen and oxygen atoms in total. The fraction of sp³-hybridized carbons (Fsp3) is 0.562. The molecule has 0 bridgehead atoms. The molecule has 1 atom stereocenters. The molecule has 2 aromatic rings. The van der Waals surface area contributed by atoms with Gasteiger partial charge in [0.25, 0.3) is 5.91 Å². The van der Waals surface area contributed by atoms with Crippen LogP contribution in [0.25, 0.3) is 0 Å². The molecule has 0 aromatic carbocycles. The monoisotopic (exact) mass is 317 g/mol. The van der Waals surface area contributed by atoms with E-state index in [9.17, 15) is 4.79 Å². The summed E-state index contributed by atoms with van der Waals surface area (Å²) in [7, 11) is 1.94. The highest BCUT2D eigenvalue weighted by Crippen LogP contribution is 2.26. The molecule has 1 aliphatic heterocycles. The van der Waals surface area contributed by atoms with Gasteiger partial charge in [0.1, 0.15) is 17.6 Å². The molecule has 1 amide bonds. The number of aromatic nitrogens is 3. The number of hydrogen-bond donors (Lipinski definition) is 1. The van der Waals surface area contributed by atoms with Crippen LogP contribution in [0.15, 0.2) is 23.0 Å². The number of nitrogens with one attached hydrogen (secondary N) is 1. The first-order valence-corrected chi connectivity index (χ1v) is 7.84. The number of carbonyl (C=O) groups is 1. The molecule has 1 aliphatic rings. The number of rotatable bonds is 2. The fourth-order valence-corrected chi connectivity index (χ4v) is 2.75. The normalized spacial score (nSPS) is 19.1. The highest BCUT2D eigenvalue weighted by atomic mass is 16.5. The van der Waals surface area contributed by atoms with Gasteiger partial charge in [-0.1, -0.05) is 25.9 Å². The van der Waals surface area contributed by atoms with Gasteiger partial charge in [0, 0.05) is 50.6 Å². The quantitative estimate of drug-likeness (QED) is 0.908. The zero-order valence-electron chi connectivity index (χ0n) is 14.0. The number of aryl methyl sites for hydroxylation is 1. The lowest BCUT2D eigenvalue weighted by Gasteiger charge is -2.35. The number of hydrogen-bond acceptors (Lipinski definition) is 5. The Morgan fingerprint density at radius 3 is 2.83 bits per heavy atom. The van der Waals surface area contributed by atoms with Crippen LogP contribution in [-0.4, -0.2) is 45.1 Å². The highest BCUT2D eigenvalue weighted by Gasteiger charge is 2.33. The highest BCUT2D eigenvalue weighted by molar-refractivity contribution is 5.92. The van der Waals surface area contributed by atoms with Crippen LogP contribution in [0, 0.1) is 0 Å². The largest absolute Gasteiger partial charge is 0.360 e. The average molecular weight is 317 g/mol. The lowest BCUT2D eigenvalue weighted by atomic mass is 9.93. The Labute approximate surface area is 135 Å². The molecule has 1 fully saturated rings. The van der Waals surface area contributed by atoms with Gasteiger partial charge in [-0.15, -0.1) is 0 Å². The van der Waals surface area contributed by atoms with Crippen LogP contribution >= 0.6 is 0 Å². The summed E-state index contributed by atoms with van der Waals surface area (Å²) >= 11 is 0. The SMILES string of the molecule is Cn1ccnc1C1CNCCN1C(=O)c1cc(C(C)(C)C)on1. The molecule has 1 unspecified atom stereocenters. The van der Waals surface area contributed by atoms with E-state index in [1.54, 1.807) is 12.3 Å². The van der Waals surface area contributed by atoms with Crippen molar-refractivity contribution in [2.45, 2.75) is 32.2 Å². The lowest BCUT2D eigenvalue weighted by Crippen LogP contribution is -2.49. The van der Waals surface area contributed by atoms with Crippen molar-refractivity contribution in [1.82, 2.24) is 24.9 Å². The maximum Gasteiger partial charge on any atom is 0.276 e. The van der Waals surface area contributed by atoms with Gasteiger partial charge in [0.2, 0.25) is 0 Å². The third-order valence-corrected chi connectivity index (χ3v) is 4.13. The van der Waals surface area contributed by atoms with Gasteiger partial charge in [0.05, 0.1) is 0 Å². The predicted molar refractivity (Wildman–Crippen MR) is 85.1 cm³/mol. The standard InChI is InChI=1S/C16H23N5O2/c1-16(2,3)13-9-11(19-23-13)15(22)21-8-5-17-10-12(21)14-18-6-7-20(14)4/h6-7,9,12,17H,5,8,10H2,1-4H3. The van der Waals surface area contributed by atoms with E-state index in [4.69, 9.17) is 4.52 Å². The summed E-state index contributed by atoms with van der Waals surface area (Å²) in [5, 5.41) is 7.31. The van der Waals surface area contributed by atoms with Crippen molar-refractivity contribution in [3.8, 4) is 0 Å². The van der Waals surface area contributed by atoms with Crippen LogP contribution in [0.4, 0.5) is 0 Å². The molecule has 1 saturated heterocycles. The number of piperazine rings is 1. The van der Waals surface area contributed by atoms with Crippen molar-refractivity contribution in [2.75, 3.05) is 19.6 Å². The van der Waals surface area contributed by atoms with Crippen LogP contribution in [0.5, 0.6) is 0 Å². The minimum Gasteiger partial charge on any atom is -0.360 e. The number of imidazole rings is 1. The van der Waals surface area contributed by atoms with Gasteiger partial charge in [-0.25, -0.2) is 4.98 Å². The van der Waals surface area contributed by atoms with Crippen LogP contribution < -0.4 is 5.32 Å². The van der Waals surface area contributed by atoms with Gasteiger partial charge in [-0.05, 0) is 0 Å². The Balaban J connectivity index is 1.87. The molecule has 124 valence electrons. The van der Waals surface area contributed by atoms with Crippen molar-refractivity contribution in [1.29, 1.82) is 0 Å². The van der Waals surface area contributed by atoms with Gasteiger partial charge in [0.15, 0.2) is 5.69 Å². The van der Waals surface area contributed by atoms with E-state index in [2.05, 4.69) is 15.5 Å². The molecule has 0 saturated carbocycles. The molecule has 0 spiro atoms. The average Bonchev–Trinajstić information content (AvgIpc) is 3.15. The van der Waals surface area contributed by atoms with E-state index < -0.39 is 0 Å². The minimum atomic E-state index is -0.173. The van der Waals surface area contributed by atoms with Crippen LogP contribution in [0.1, 0.15) is 48.9 Å². The van der Waals surface area contributed by atoms with Crippen molar-refractivity contribution < 1.29 is 9.32 Å². The van der Waals surface area contributed by atoms with Crippen molar-refractivity contribution in [3.63, 3.8) is 0 Å². The smallest absolute Gasteiger partial charge is 0.276 e. The van der Waals surface area contributed by atoms with Gasteiger partial charge in [-0.3, -0.25) is 4.79 Å². The van der Waals surface area contributed by atoms with Gasteiger partial charge < -0.3 is 19.3 Å². The molecular weight excluding hydrogens is 294 g/mol. The second-order valence-electron chi connectivity index (χ2n) is 6.94. The summed E-state index contributed by atoms with van der Waals surface area (Å²) in [6.45, 7) is 8.15. The van der Waals surface area contributed by atoms with E-state index in [0.29, 0.717) is 24.5 Å². The molecule has 23 heavy (non-hydrogen) atoms. The van der Waals surface area contributed by atoms with Crippen LogP contribution in [-0.2, 0) is 12.5 Å². The number of carbonyl (C=O) groups excluding carboxylic acids is 1. The van der Waals surface area contributed by atoms with Crippen molar-refractivity contribution >= 4 is 5.91 Å². The zero-order valence-corrected chi connectivity index (χ0v) is 14.0. The molecular formula is C16H23N5O2.